The molecule has 0 aliphatic heterocycles. The van der Waals surface area contributed by atoms with Gasteiger partial charge < -0.3 is 4.74 Å². The molecule has 2 nitrogen and oxygen atoms in total. The third-order valence-electron chi connectivity index (χ3n) is 6.31. The minimum absolute atomic E-state index is 0.214. The minimum Gasteiger partial charge on any atom is -0.455 e. The number of carbonyl (C=O) groups excluding carboxylic acids is 1. The van der Waals surface area contributed by atoms with Gasteiger partial charge in [-0.3, -0.25) is 0 Å². The van der Waals surface area contributed by atoms with Crippen LogP contribution in [0.2, 0.25) is 0 Å². The van der Waals surface area contributed by atoms with Gasteiger partial charge in [0.05, 0.1) is 5.56 Å². The Morgan fingerprint density at radius 3 is 2.26 bits per heavy atom. The molecule has 0 fully saturated rings. The lowest BCUT2D eigenvalue weighted by Crippen LogP contribution is -2.36. The van der Waals surface area contributed by atoms with Gasteiger partial charge in [-0.1, -0.05) is 42.5 Å². The maximum Gasteiger partial charge on any atom is 0.338 e. The highest BCUT2D eigenvalue weighted by molar-refractivity contribution is 7.50. The first-order valence-electron chi connectivity index (χ1n) is 11.0. The Bertz CT molecular complexity index is 1240. The van der Waals surface area contributed by atoms with Gasteiger partial charge in [0.25, 0.3) is 0 Å². The van der Waals surface area contributed by atoms with E-state index in [-0.39, 0.29) is 22.4 Å². The molecule has 1 aliphatic rings. The molecule has 31 heavy (non-hydrogen) atoms. The number of allylic oxidation sites excluding steroid dienone is 1. The van der Waals surface area contributed by atoms with Gasteiger partial charge in [-0.25, -0.2) is 4.79 Å². The molecule has 0 radical (unpaired) electrons. The highest BCUT2D eigenvalue weighted by Crippen LogP contribution is 2.48. The SMILES string of the molecule is CC(C)(OC(=O)c1cccc(-[s+]2c3ccccc3c3ccccc32)c1)C1C=CCCC1. The number of carbonyl (C=O) groups is 1. The number of rotatable bonds is 4. The largest absolute Gasteiger partial charge is 0.455 e. The molecule has 1 unspecified atom stereocenters. The van der Waals surface area contributed by atoms with Crippen molar-refractivity contribution in [3.63, 3.8) is 0 Å². The monoisotopic (exact) mass is 427 g/mol. The fraction of sp³-hybridized carbons (Fsp3) is 0.250. The van der Waals surface area contributed by atoms with Crippen LogP contribution in [0.5, 0.6) is 0 Å². The Balaban J connectivity index is 1.53. The molecular formula is C28H27O2S+. The maximum atomic E-state index is 13.1. The van der Waals surface area contributed by atoms with Gasteiger partial charge >= 0.3 is 5.97 Å². The zero-order chi connectivity index (χ0) is 21.4. The van der Waals surface area contributed by atoms with E-state index in [2.05, 4.69) is 66.7 Å². The van der Waals surface area contributed by atoms with Crippen molar-refractivity contribution >= 4 is 36.6 Å². The molecule has 0 N–H and O–H groups in total. The number of ether oxygens (including phenoxy) is 1. The normalized spacial score (nSPS) is 16.6. The first kappa shape index (κ1) is 20.0. The first-order chi connectivity index (χ1) is 15.0. The topological polar surface area (TPSA) is 26.3 Å². The number of hydrogen-bond donors (Lipinski definition) is 0. The molecule has 1 aromatic heterocycles. The molecule has 4 aromatic rings. The molecular weight excluding hydrogens is 400 g/mol. The van der Waals surface area contributed by atoms with E-state index in [0.29, 0.717) is 5.56 Å². The smallest absolute Gasteiger partial charge is 0.338 e. The molecule has 0 saturated carbocycles. The van der Waals surface area contributed by atoms with E-state index in [1.165, 1.54) is 20.2 Å². The van der Waals surface area contributed by atoms with E-state index in [0.717, 1.165) is 24.2 Å². The summed E-state index contributed by atoms with van der Waals surface area (Å²) < 4.78 is 8.68. The van der Waals surface area contributed by atoms with E-state index >= 15 is 0 Å². The van der Waals surface area contributed by atoms with Crippen LogP contribution in [0, 0.1) is 5.92 Å². The Labute approximate surface area is 186 Å². The van der Waals surface area contributed by atoms with Gasteiger partial charge in [0, 0.05) is 33.2 Å². The lowest BCUT2D eigenvalue weighted by atomic mass is 9.83. The number of hydrogen-bond acceptors (Lipinski definition) is 2. The van der Waals surface area contributed by atoms with Crippen LogP contribution in [0.1, 0.15) is 43.5 Å². The third-order valence-corrected chi connectivity index (χ3v) is 8.63. The molecule has 3 heteroatoms. The van der Waals surface area contributed by atoms with Gasteiger partial charge in [-0.15, -0.1) is 0 Å². The van der Waals surface area contributed by atoms with Gasteiger partial charge in [0.2, 0.25) is 0 Å². The summed E-state index contributed by atoms with van der Waals surface area (Å²) in [7, 11) is -0.214. The molecule has 1 aliphatic carbocycles. The van der Waals surface area contributed by atoms with Crippen molar-refractivity contribution in [1.29, 1.82) is 0 Å². The average molecular weight is 428 g/mol. The summed E-state index contributed by atoms with van der Waals surface area (Å²) in [5.74, 6) is 0.0269. The predicted molar refractivity (Wildman–Crippen MR) is 131 cm³/mol. The molecule has 3 aromatic carbocycles. The van der Waals surface area contributed by atoms with Gasteiger partial charge in [0.1, 0.15) is 5.60 Å². The second-order valence-electron chi connectivity index (χ2n) is 8.78. The van der Waals surface area contributed by atoms with Crippen molar-refractivity contribution in [2.45, 2.75) is 38.7 Å². The standard InChI is InChI=1S/C28H27O2S/c1-28(2,21-12-4-3-5-13-21)30-27(29)20-11-10-14-22(19-20)31-25-17-8-6-15-23(25)24-16-7-9-18-26(24)31/h4,6-12,14-19,21H,3,5,13H2,1-2H3/q+1. The number of thiophene rings is 1. The van der Waals surface area contributed by atoms with Crippen LogP contribution >= 0.6 is 10.5 Å². The van der Waals surface area contributed by atoms with Crippen molar-refractivity contribution in [1.82, 2.24) is 0 Å². The summed E-state index contributed by atoms with van der Waals surface area (Å²) in [6.45, 7) is 4.06. The summed E-state index contributed by atoms with van der Waals surface area (Å²) in [5.41, 5.74) is 0.110. The Hall–Kier alpha value is -2.91. The maximum absolute atomic E-state index is 13.1. The van der Waals surface area contributed by atoms with Crippen LogP contribution in [0.4, 0.5) is 0 Å². The molecule has 0 spiro atoms. The van der Waals surface area contributed by atoms with E-state index in [1.807, 2.05) is 32.0 Å². The fourth-order valence-corrected chi connectivity index (χ4v) is 7.05. The van der Waals surface area contributed by atoms with Crippen LogP contribution in [0.3, 0.4) is 0 Å². The van der Waals surface area contributed by atoms with Crippen LogP contribution < -0.4 is 0 Å². The molecule has 156 valence electrons. The van der Waals surface area contributed by atoms with Crippen molar-refractivity contribution in [3.8, 4) is 4.90 Å². The average Bonchev–Trinajstić information content (AvgIpc) is 3.14. The second-order valence-corrected chi connectivity index (χ2v) is 10.7. The van der Waals surface area contributed by atoms with Crippen LogP contribution in [0.15, 0.2) is 84.9 Å². The van der Waals surface area contributed by atoms with Crippen molar-refractivity contribution in [2.24, 2.45) is 5.92 Å². The van der Waals surface area contributed by atoms with Crippen molar-refractivity contribution in [2.75, 3.05) is 0 Å². The Kier molecular flexibility index (Phi) is 5.15. The van der Waals surface area contributed by atoms with Gasteiger partial charge in [-0.2, -0.15) is 0 Å². The minimum atomic E-state index is -0.515. The molecule has 1 heterocycles. The summed E-state index contributed by atoms with van der Waals surface area (Å²) in [6.07, 6.45) is 7.75. The van der Waals surface area contributed by atoms with Crippen LogP contribution in [-0.2, 0) is 4.74 Å². The molecule has 0 amide bonds. The van der Waals surface area contributed by atoms with E-state index in [4.69, 9.17) is 4.74 Å². The summed E-state index contributed by atoms with van der Waals surface area (Å²) >= 11 is 0. The van der Waals surface area contributed by atoms with Crippen molar-refractivity contribution < 1.29 is 9.53 Å². The third kappa shape index (κ3) is 3.68. The number of fused-ring (bicyclic) bond motifs is 3. The molecule has 0 saturated heterocycles. The lowest BCUT2D eigenvalue weighted by Gasteiger charge is -2.33. The van der Waals surface area contributed by atoms with Gasteiger partial charge in [0.15, 0.2) is 14.3 Å². The lowest BCUT2D eigenvalue weighted by molar-refractivity contribution is -0.0225. The predicted octanol–water partition coefficient (Wildman–Crippen LogP) is 8.02. The zero-order valence-corrected chi connectivity index (χ0v) is 18.8. The van der Waals surface area contributed by atoms with E-state index < -0.39 is 5.60 Å². The highest BCUT2D eigenvalue weighted by atomic mass is 32.2. The quantitative estimate of drug-likeness (QED) is 0.187. The van der Waals surface area contributed by atoms with E-state index in [1.54, 1.807) is 0 Å². The second kappa shape index (κ2) is 7.97. The molecule has 1 atom stereocenters. The van der Waals surface area contributed by atoms with Gasteiger partial charge in [-0.05, 0) is 69.5 Å². The van der Waals surface area contributed by atoms with Crippen molar-refractivity contribution in [3.05, 3.63) is 90.5 Å². The Morgan fingerprint density at radius 2 is 1.61 bits per heavy atom. The highest BCUT2D eigenvalue weighted by Gasteiger charge is 2.33. The first-order valence-corrected chi connectivity index (χ1v) is 12.2. The van der Waals surface area contributed by atoms with E-state index in [9.17, 15) is 4.79 Å². The molecule has 0 bridgehead atoms. The summed E-state index contributed by atoms with van der Waals surface area (Å²) in [6, 6.07) is 25.2. The Morgan fingerprint density at radius 1 is 0.935 bits per heavy atom. The van der Waals surface area contributed by atoms with Crippen LogP contribution in [0.25, 0.3) is 25.1 Å². The zero-order valence-electron chi connectivity index (χ0n) is 18.0. The van der Waals surface area contributed by atoms with Crippen LogP contribution in [-0.4, -0.2) is 11.6 Å². The molecule has 5 rings (SSSR count). The number of esters is 1. The summed E-state index contributed by atoms with van der Waals surface area (Å²) in [5, 5.41) is 2.58. The number of benzene rings is 3. The summed E-state index contributed by atoms with van der Waals surface area (Å²) in [4.78, 5) is 14.3. The fourth-order valence-electron chi connectivity index (χ4n) is 4.62.